The van der Waals surface area contributed by atoms with E-state index < -0.39 is 0 Å². The molecule has 2 fully saturated rings. The second-order valence-electron chi connectivity index (χ2n) is 6.40. The second kappa shape index (κ2) is 7.58. The van der Waals surface area contributed by atoms with E-state index >= 15 is 0 Å². The minimum Gasteiger partial charge on any atom is -0.396 e. The van der Waals surface area contributed by atoms with Gasteiger partial charge in [-0.2, -0.15) is 0 Å². The standard InChI is InChI=1S/C15H31N3O/c1-16-12-15(13-16)17(2)14-6-9-18(10-7-14)8-4-3-5-11-19/h14-15,19H,3-13H2,1-2H3. The average Bonchev–Trinajstić information content (AvgIpc) is 2.40. The van der Waals surface area contributed by atoms with Gasteiger partial charge in [-0.3, -0.25) is 4.90 Å². The quantitative estimate of drug-likeness (QED) is 0.694. The lowest BCUT2D eigenvalue weighted by atomic mass is 9.99. The molecular weight excluding hydrogens is 238 g/mol. The van der Waals surface area contributed by atoms with E-state index in [1.807, 2.05) is 0 Å². The lowest BCUT2D eigenvalue weighted by Crippen LogP contribution is -2.60. The summed E-state index contributed by atoms with van der Waals surface area (Å²) in [4.78, 5) is 7.63. The Kier molecular flexibility index (Phi) is 6.07. The fourth-order valence-corrected chi connectivity index (χ4v) is 3.40. The van der Waals surface area contributed by atoms with Gasteiger partial charge in [-0.25, -0.2) is 0 Å². The third kappa shape index (κ3) is 4.42. The molecular formula is C15H31N3O. The molecule has 0 aromatic rings. The maximum atomic E-state index is 8.78. The van der Waals surface area contributed by atoms with Crippen LogP contribution in [0.4, 0.5) is 0 Å². The normalized spacial score (nSPS) is 24.0. The summed E-state index contributed by atoms with van der Waals surface area (Å²) in [7, 11) is 4.53. The maximum Gasteiger partial charge on any atom is 0.0431 e. The van der Waals surface area contributed by atoms with E-state index in [9.17, 15) is 0 Å². The Labute approximate surface area is 118 Å². The number of hydrogen-bond acceptors (Lipinski definition) is 4. The Morgan fingerprint density at radius 2 is 1.74 bits per heavy atom. The number of hydrogen-bond donors (Lipinski definition) is 1. The molecule has 2 aliphatic heterocycles. The number of unbranched alkanes of at least 4 members (excludes halogenated alkanes) is 2. The van der Waals surface area contributed by atoms with E-state index in [1.54, 1.807) is 0 Å². The highest BCUT2D eigenvalue weighted by Gasteiger charge is 2.32. The first kappa shape index (κ1) is 15.2. The van der Waals surface area contributed by atoms with Crippen LogP contribution in [0.25, 0.3) is 0 Å². The molecule has 2 saturated heterocycles. The molecule has 1 N–H and O–H groups in total. The predicted octanol–water partition coefficient (Wildman–Crippen LogP) is 0.859. The van der Waals surface area contributed by atoms with Crippen molar-refractivity contribution in [2.24, 2.45) is 0 Å². The fourth-order valence-electron chi connectivity index (χ4n) is 3.40. The fraction of sp³-hybridized carbons (Fsp3) is 1.00. The molecule has 0 saturated carbocycles. The molecule has 112 valence electrons. The summed E-state index contributed by atoms with van der Waals surface area (Å²) in [6.45, 7) is 6.59. The molecule has 4 nitrogen and oxygen atoms in total. The van der Waals surface area contributed by atoms with Crippen molar-refractivity contribution in [3.05, 3.63) is 0 Å². The topological polar surface area (TPSA) is 30.0 Å². The zero-order valence-electron chi connectivity index (χ0n) is 12.7. The van der Waals surface area contributed by atoms with Crippen LogP contribution in [0.15, 0.2) is 0 Å². The van der Waals surface area contributed by atoms with Gasteiger partial charge in [-0.05, 0) is 65.8 Å². The van der Waals surface area contributed by atoms with E-state index in [0.717, 1.165) is 18.5 Å². The number of rotatable bonds is 7. The van der Waals surface area contributed by atoms with Crippen LogP contribution in [0.5, 0.6) is 0 Å². The van der Waals surface area contributed by atoms with Crippen LogP contribution in [0.3, 0.4) is 0 Å². The Bertz CT molecular complexity index is 248. The summed E-state index contributed by atoms with van der Waals surface area (Å²) < 4.78 is 0. The minimum atomic E-state index is 0.350. The van der Waals surface area contributed by atoms with Crippen LogP contribution in [0.1, 0.15) is 32.1 Å². The first-order valence-electron chi connectivity index (χ1n) is 7.94. The van der Waals surface area contributed by atoms with Crippen LogP contribution in [0.2, 0.25) is 0 Å². The summed E-state index contributed by atoms with van der Waals surface area (Å²) in [6, 6.07) is 1.60. The summed E-state index contributed by atoms with van der Waals surface area (Å²) in [5, 5.41) is 8.78. The average molecular weight is 269 g/mol. The van der Waals surface area contributed by atoms with Crippen molar-refractivity contribution in [2.75, 3.05) is 53.4 Å². The lowest BCUT2D eigenvalue weighted by Gasteiger charge is -2.47. The molecule has 19 heavy (non-hydrogen) atoms. The number of nitrogens with zero attached hydrogens (tertiary/aromatic N) is 3. The van der Waals surface area contributed by atoms with Gasteiger partial charge in [0.2, 0.25) is 0 Å². The van der Waals surface area contributed by atoms with Gasteiger partial charge in [0, 0.05) is 31.8 Å². The van der Waals surface area contributed by atoms with Gasteiger partial charge in [-0.1, -0.05) is 0 Å². The zero-order chi connectivity index (χ0) is 13.7. The van der Waals surface area contributed by atoms with Gasteiger partial charge < -0.3 is 14.9 Å². The van der Waals surface area contributed by atoms with Crippen molar-refractivity contribution in [3.8, 4) is 0 Å². The minimum absolute atomic E-state index is 0.350. The van der Waals surface area contributed by atoms with Gasteiger partial charge in [0.1, 0.15) is 0 Å². The monoisotopic (exact) mass is 269 g/mol. The van der Waals surface area contributed by atoms with E-state index in [2.05, 4.69) is 28.8 Å². The lowest BCUT2D eigenvalue weighted by molar-refractivity contribution is 0.0195. The van der Waals surface area contributed by atoms with Crippen LogP contribution in [-0.4, -0.2) is 85.3 Å². The van der Waals surface area contributed by atoms with Crippen LogP contribution in [-0.2, 0) is 0 Å². The Morgan fingerprint density at radius 1 is 1.05 bits per heavy atom. The molecule has 0 amide bonds. The van der Waals surface area contributed by atoms with Gasteiger partial charge >= 0.3 is 0 Å². The first-order valence-corrected chi connectivity index (χ1v) is 7.94. The molecule has 0 bridgehead atoms. The molecule has 0 aliphatic carbocycles. The Balaban J connectivity index is 1.59. The third-order valence-electron chi connectivity index (χ3n) is 4.89. The van der Waals surface area contributed by atoms with Crippen molar-refractivity contribution >= 4 is 0 Å². The summed E-state index contributed by atoms with van der Waals surface area (Å²) >= 11 is 0. The Hall–Kier alpha value is -0.160. The van der Waals surface area contributed by atoms with Crippen LogP contribution < -0.4 is 0 Å². The molecule has 0 aromatic carbocycles. The molecule has 2 heterocycles. The third-order valence-corrected chi connectivity index (χ3v) is 4.89. The highest BCUT2D eigenvalue weighted by molar-refractivity contribution is 4.89. The molecule has 4 heteroatoms. The van der Waals surface area contributed by atoms with E-state index in [1.165, 1.54) is 58.4 Å². The van der Waals surface area contributed by atoms with Crippen molar-refractivity contribution in [1.82, 2.24) is 14.7 Å². The van der Waals surface area contributed by atoms with E-state index in [4.69, 9.17) is 5.11 Å². The second-order valence-corrected chi connectivity index (χ2v) is 6.40. The smallest absolute Gasteiger partial charge is 0.0431 e. The maximum absolute atomic E-state index is 8.78. The number of likely N-dealkylation sites (tertiary alicyclic amines) is 2. The highest BCUT2D eigenvalue weighted by atomic mass is 16.2. The molecule has 0 radical (unpaired) electrons. The summed E-state index contributed by atoms with van der Waals surface area (Å²) in [6.07, 6.45) is 6.04. The molecule has 0 atom stereocenters. The van der Waals surface area contributed by atoms with Gasteiger partial charge in [0.15, 0.2) is 0 Å². The summed E-state index contributed by atoms with van der Waals surface area (Å²) in [5.74, 6) is 0. The molecule has 0 aromatic heterocycles. The SMILES string of the molecule is CN1CC(N(C)C2CCN(CCCCCO)CC2)C1. The van der Waals surface area contributed by atoms with Crippen LogP contribution in [0, 0.1) is 0 Å². The molecule has 2 rings (SSSR count). The highest BCUT2D eigenvalue weighted by Crippen LogP contribution is 2.21. The van der Waals surface area contributed by atoms with Crippen molar-refractivity contribution in [1.29, 1.82) is 0 Å². The van der Waals surface area contributed by atoms with Gasteiger partial charge in [0.05, 0.1) is 0 Å². The Morgan fingerprint density at radius 3 is 2.32 bits per heavy atom. The first-order chi connectivity index (χ1) is 9.20. The number of aliphatic hydroxyl groups excluding tert-OH is 1. The van der Waals surface area contributed by atoms with Gasteiger partial charge in [-0.15, -0.1) is 0 Å². The van der Waals surface area contributed by atoms with E-state index in [0.29, 0.717) is 6.61 Å². The van der Waals surface area contributed by atoms with Crippen LogP contribution >= 0.6 is 0 Å². The predicted molar refractivity (Wildman–Crippen MR) is 79.4 cm³/mol. The molecule has 0 unspecified atom stereocenters. The van der Waals surface area contributed by atoms with Crippen molar-refractivity contribution < 1.29 is 5.11 Å². The summed E-state index contributed by atoms with van der Waals surface area (Å²) in [5.41, 5.74) is 0. The number of aliphatic hydroxyl groups is 1. The van der Waals surface area contributed by atoms with Crippen molar-refractivity contribution in [3.63, 3.8) is 0 Å². The molecule has 0 spiro atoms. The van der Waals surface area contributed by atoms with Crippen molar-refractivity contribution in [2.45, 2.75) is 44.2 Å². The largest absolute Gasteiger partial charge is 0.396 e. The zero-order valence-corrected chi connectivity index (χ0v) is 12.7. The number of likely N-dealkylation sites (N-methyl/N-ethyl adjacent to an activating group) is 2. The molecule has 2 aliphatic rings. The van der Waals surface area contributed by atoms with E-state index in [-0.39, 0.29) is 0 Å². The van der Waals surface area contributed by atoms with Gasteiger partial charge in [0.25, 0.3) is 0 Å². The number of piperidine rings is 1.